The number of benzene rings is 1. The van der Waals surface area contributed by atoms with Gasteiger partial charge in [-0.05, 0) is 30.3 Å². The van der Waals surface area contributed by atoms with Crippen molar-refractivity contribution in [2.24, 2.45) is 0 Å². The van der Waals surface area contributed by atoms with Gasteiger partial charge in [-0.15, -0.1) is 0 Å². The van der Waals surface area contributed by atoms with Crippen molar-refractivity contribution in [2.45, 2.75) is 0 Å². The molecule has 7 nitrogen and oxygen atoms in total. The van der Waals surface area contributed by atoms with Gasteiger partial charge in [0.1, 0.15) is 0 Å². The smallest absolute Gasteiger partial charge is 0.311 e. The molecule has 0 saturated heterocycles. The van der Waals surface area contributed by atoms with E-state index in [4.69, 9.17) is 11.6 Å². The van der Waals surface area contributed by atoms with Crippen molar-refractivity contribution in [3.63, 3.8) is 0 Å². The number of nitrogens with one attached hydrogen (secondary N) is 1. The largest absolute Gasteiger partial charge is 0.345 e. The van der Waals surface area contributed by atoms with Gasteiger partial charge in [0.05, 0.1) is 11.5 Å². The van der Waals surface area contributed by atoms with Gasteiger partial charge in [0, 0.05) is 30.0 Å². The number of carbonyl (C=O) groups excluding carboxylic acids is 1. The third-order valence-electron chi connectivity index (χ3n) is 2.83. The van der Waals surface area contributed by atoms with E-state index >= 15 is 0 Å². The second-order valence-corrected chi connectivity index (χ2v) is 4.95. The predicted molar refractivity (Wildman–Crippen MR) is 84.2 cm³/mol. The zero-order chi connectivity index (χ0) is 16.1. The Morgan fingerprint density at radius 3 is 2.68 bits per heavy atom. The van der Waals surface area contributed by atoms with E-state index in [2.05, 4.69) is 10.3 Å². The topological polar surface area (TPSA) is 88.4 Å². The van der Waals surface area contributed by atoms with Crippen LogP contribution in [-0.2, 0) is 4.79 Å². The average Bonchev–Trinajstić information content (AvgIpc) is 2.49. The van der Waals surface area contributed by atoms with Crippen LogP contribution in [0.5, 0.6) is 0 Å². The molecular formula is C14H13ClN4O3. The first-order valence-corrected chi connectivity index (χ1v) is 6.71. The highest BCUT2D eigenvalue weighted by Gasteiger charge is 2.19. The minimum absolute atomic E-state index is 0.0690. The van der Waals surface area contributed by atoms with Gasteiger partial charge in [-0.3, -0.25) is 14.9 Å². The average molecular weight is 321 g/mol. The van der Waals surface area contributed by atoms with Gasteiger partial charge < -0.3 is 10.2 Å². The monoisotopic (exact) mass is 320 g/mol. The van der Waals surface area contributed by atoms with Gasteiger partial charge in [0.15, 0.2) is 0 Å². The van der Waals surface area contributed by atoms with E-state index in [0.29, 0.717) is 10.7 Å². The number of aromatic nitrogens is 1. The fourth-order valence-electron chi connectivity index (χ4n) is 1.85. The number of carbonyl (C=O) groups is 1. The summed E-state index contributed by atoms with van der Waals surface area (Å²) in [5.74, 6) is -0.177. The molecule has 8 heteroatoms. The molecule has 0 spiro atoms. The fraction of sp³-hybridized carbons (Fsp3) is 0.143. The van der Waals surface area contributed by atoms with Crippen molar-refractivity contribution in [1.82, 2.24) is 4.98 Å². The summed E-state index contributed by atoms with van der Waals surface area (Å²) in [5.41, 5.74) is 0.447. The molecule has 0 saturated carbocycles. The molecule has 22 heavy (non-hydrogen) atoms. The van der Waals surface area contributed by atoms with Gasteiger partial charge in [0.25, 0.3) is 0 Å². The van der Waals surface area contributed by atoms with Crippen molar-refractivity contribution < 1.29 is 9.72 Å². The second-order valence-electron chi connectivity index (χ2n) is 4.51. The molecule has 1 aromatic carbocycles. The van der Waals surface area contributed by atoms with Crippen LogP contribution in [0.3, 0.4) is 0 Å². The second kappa shape index (κ2) is 6.86. The predicted octanol–water partition coefficient (Wildman–Crippen LogP) is 2.72. The van der Waals surface area contributed by atoms with Crippen LogP contribution in [0.1, 0.15) is 0 Å². The van der Waals surface area contributed by atoms with Crippen LogP contribution in [0.25, 0.3) is 0 Å². The molecule has 1 aromatic heterocycles. The van der Waals surface area contributed by atoms with Gasteiger partial charge in [-0.25, -0.2) is 4.98 Å². The summed E-state index contributed by atoms with van der Waals surface area (Å²) in [4.78, 5) is 27.8. The normalized spacial score (nSPS) is 10.1. The maximum absolute atomic E-state index is 12.0. The van der Waals surface area contributed by atoms with E-state index < -0.39 is 4.92 Å². The lowest BCUT2D eigenvalue weighted by Crippen LogP contribution is -2.31. The van der Waals surface area contributed by atoms with Crippen LogP contribution in [0, 0.1) is 10.1 Å². The molecule has 114 valence electrons. The maximum atomic E-state index is 12.0. The van der Waals surface area contributed by atoms with Crippen LogP contribution in [0.2, 0.25) is 5.02 Å². The number of hydrogen-bond acceptors (Lipinski definition) is 5. The first kappa shape index (κ1) is 15.7. The Bertz CT molecular complexity index is 691. The number of nitrogens with zero attached hydrogens (tertiary/aromatic N) is 3. The molecule has 0 aliphatic heterocycles. The van der Waals surface area contributed by atoms with Crippen molar-refractivity contribution in [3.05, 3.63) is 57.7 Å². The zero-order valence-corrected chi connectivity index (χ0v) is 12.4. The summed E-state index contributed by atoms with van der Waals surface area (Å²) in [6, 6.07) is 9.47. The van der Waals surface area contributed by atoms with Crippen LogP contribution < -0.4 is 10.2 Å². The Labute approximate surface area is 131 Å². The van der Waals surface area contributed by atoms with Crippen molar-refractivity contribution in [3.8, 4) is 0 Å². The minimum atomic E-state index is -0.532. The molecule has 1 amide bonds. The Morgan fingerprint density at radius 1 is 1.36 bits per heavy atom. The number of likely N-dealkylation sites (N-methyl/N-ethyl adjacent to an activating group) is 1. The Balaban J connectivity index is 2.05. The number of rotatable bonds is 5. The lowest BCUT2D eigenvalue weighted by Gasteiger charge is -2.17. The van der Waals surface area contributed by atoms with E-state index in [1.165, 1.54) is 23.2 Å². The van der Waals surface area contributed by atoms with Gasteiger partial charge in [-0.1, -0.05) is 11.6 Å². The summed E-state index contributed by atoms with van der Waals surface area (Å²) in [6.07, 6.45) is 1.44. The highest BCUT2D eigenvalue weighted by molar-refractivity contribution is 6.30. The van der Waals surface area contributed by atoms with Crippen LogP contribution >= 0.6 is 11.6 Å². The summed E-state index contributed by atoms with van der Waals surface area (Å²) in [5, 5.41) is 14.2. The summed E-state index contributed by atoms with van der Waals surface area (Å²) < 4.78 is 0. The number of pyridine rings is 1. The van der Waals surface area contributed by atoms with Crippen molar-refractivity contribution in [2.75, 3.05) is 23.8 Å². The summed E-state index contributed by atoms with van der Waals surface area (Å²) >= 11 is 5.77. The number of anilines is 2. The third-order valence-corrected chi connectivity index (χ3v) is 3.09. The van der Waals surface area contributed by atoms with Crippen molar-refractivity contribution in [1.29, 1.82) is 0 Å². The fourth-order valence-corrected chi connectivity index (χ4v) is 1.98. The summed E-state index contributed by atoms with van der Waals surface area (Å²) in [6.45, 7) is -0.0690. The molecule has 1 heterocycles. The molecule has 2 rings (SSSR count). The standard InChI is InChI=1S/C14H13ClN4O3/c1-18(14-12(19(21)22)3-2-8-16-14)9-13(20)17-11-6-4-10(15)5-7-11/h2-8H,9H2,1H3,(H,17,20). The molecular weight excluding hydrogens is 308 g/mol. The molecule has 0 aliphatic carbocycles. The number of hydrogen-bond donors (Lipinski definition) is 1. The Morgan fingerprint density at radius 2 is 2.05 bits per heavy atom. The van der Waals surface area contributed by atoms with Crippen LogP contribution in [-0.4, -0.2) is 29.4 Å². The van der Waals surface area contributed by atoms with Crippen molar-refractivity contribution >= 4 is 34.7 Å². The molecule has 0 bridgehead atoms. The lowest BCUT2D eigenvalue weighted by molar-refractivity contribution is -0.384. The SMILES string of the molecule is CN(CC(=O)Nc1ccc(Cl)cc1)c1ncccc1[N+](=O)[O-]. The zero-order valence-electron chi connectivity index (χ0n) is 11.7. The molecule has 0 unspecified atom stereocenters. The highest BCUT2D eigenvalue weighted by Crippen LogP contribution is 2.23. The Hall–Kier alpha value is -2.67. The van der Waals surface area contributed by atoms with E-state index in [0.717, 1.165) is 0 Å². The van der Waals surface area contributed by atoms with E-state index in [-0.39, 0.29) is 24.0 Å². The van der Waals surface area contributed by atoms with E-state index in [9.17, 15) is 14.9 Å². The molecule has 1 N–H and O–H groups in total. The highest BCUT2D eigenvalue weighted by atomic mass is 35.5. The van der Waals surface area contributed by atoms with Gasteiger partial charge in [-0.2, -0.15) is 0 Å². The lowest BCUT2D eigenvalue weighted by atomic mass is 10.3. The van der Waals surface area contributed by atoms with Crippen LogP contribution in [0.4, 0.5) is 17.2 Å². The quantitative estimate of drug-likeness (QED) is 0.676. The van der Waals surface area contributed by atoms with Gasteiger partial charge in [0.2, 0.25) is 11.7 Å². The van der Waals surface area contributed by atoms with E-state index in [1.807, 2.05) is 0 Å². The van der Waals surface area contributed by atoms with Gasteiger partial charge >= 0.3 is 5.69 Å². The number of amides is 1. The van der Waals surface area contributed by atoms with Crippen LogP contribution in [0.15, 0.2) is 42.6 Å². The Kier molecular flexibility index (Phi) is 4.90. The third kappa shape index (κ3) is 3.92. The first-order chi connectivity index (χ1) is 10.5. The first-order valence-electron chi connectivity index (χ1n) is 6.33. The minimum Gasteiger partial charge on any atom is -0.345 e. The summed E-state index contributed by atoms with van der Waals surface area (Å²) in [7, 11) is 1.57. The molecule has 2 aromatic rings. The molecule has 0 aliphatic rings. The number of nitro groups is 1. The molecule has 0 radical (unpaired) electrons. The van der Waals surface area contributed by atoms with E-state index in [1.54, 1.807) is 31.3 Å². The molecule has 0 atom stereocenters. The maximum Gasteiger partial charge on any atom is 0.311 e. The molecule has 0 fully saturated rings. The number of halogens is 1.